The number of ether oxygens (including phenoxy) is 2. The molecule has 0 radical (unpaired) electrons. The number of rotatable bonds is 23. The Morgan fingerprint density at radius 3 is 1.69 bits per heavy atom. The highest BCUT2D eigenvalue weighted by molar-refractivity contribution is 4.89. The van der Waals surface area contributed by atoms with Gasteiger partial charge in [0.05, 0.1) is 19.3 Å². The van der Waals surface area contributed by atoms with Crippen molar-refractivity contribution >= 4 is 0 Å². The smallest absolute Gasteiger partial charge is 0.186 e. The molecule has 0 amide bonds. The van der Waals surface area contributed by atoms with Crippen LogP contribution in [0, 0.1) is 0 Å². The molecule has 6 N–H and O–H groups in total. The van der Waals surface area contributed by atoms with E-state index in [2.05, 4.69) is 12.2 Å². The van der Waals surface area contributed by atoms with Crippen LogP contribution in [0.1, 0.15) is 110 Å². The normalized spacial score (nSPS) is 25.7. The number of unbranched alkanes of at least 4 members (excludes halogenated alkanes) is 15. The third-order valence-electron chi connectivity index (χ3n) is 6.89. The number of hydrogen-bond acceptors (Lipinski definition) is 8. The van der Waals surface area contributed by atoms with Crippen LogP contribution in [0.4, 0.5) is 0 Å². The van der Waals surface area contributed by atoms with Crippen molar-refractivity contribution in [3.8, 4) is 0 Å². The van der Waals surface area contributed by atoms with Crippen LogP contribution < -0.4 is 5.32 Å². The lowest BCUT2D eigenvalue weighted by atomic mass is 9.99. The van der Waals surface area contributed by atoms with Crippen LogP contribution in [0.5, 0.6) is 0 Å². The molecule has 0 aromatic carbocycles. The Labute approximate surface area is 213 Å². The van der Waals surface area contributed by atoms with Gasteiger partial charge in [-0.15, -0.1) is 0 Å². The predicted octanol–water partition coefficient (Wildman–Crippen LogP) is 3.01. The Hall–Kier alpha value is -0.320. The highest BCUT2D eigenvalue weighted by Gasteiger charge is 2.44. The maximum absolute atomic E-state index is 10.1. The third kappa shape index (κ3) is 15.5. The lowest BCUT2D eigenvalue weighted by Gasteiger charge is -2.39. The molecule has 0 saturated carbocycles. The van der Waals surface area contributed by atoms with Crippen molar-refractivity contribution in [2.24, 2.45) is 0 Å². The van der Waals surface area contributed by atoms with Gasteiger partial charge in [-0.1, -0.05) is 103 Å². The molecule has 6 atom stereocenters. The van der Waals surface area contributed by atoms with Crippen LogP contribution in [0.3, 0.4) is 0 Å². The average molecular weight is 506 g/mol. The molecule has 1 fully saturated rings. The Bertz CT molecular complexity index is 469. The zero-order valence-corrected chi connectivity index (χ0v) is 22.2. The number of aliphatic hydroxyl groups is 5. The van der Waals surface area contributed by atoms with Gasteiger partial charge in [-0.05, 0) is 13.0 Å². The Balaban J connectivity index is 1.86. The van der Waals surface area contributed by atoms with E-state index in [1.54, 1.807) is 0 Å². The van der Waals surface area contributed by atoms with Crippen molar-refractivity contribution < 1.29 is 35.0 Å². The van der Waals surface area contributed by atoms with Gasteiger partial charge in [0.15, 0.2) is 6.29 Å². The van der Waals surface area contributed by atoms with Crippen LogP contribution in [0.2, 0.25) is 0 Å². The second kappa shape index (κ2) is 21.7. The molecule has 0 aromatic heterocycles. The second-order valence-electron chi connectivity index (χ2n) is 10.2. The maximum atomic E-state index is 10.1. The molecule has 8 heteroatoms. The molecule has 0 spiro atoms. The summed E-state index contributed by atoms with van der Waals surface area (Å²) in [5, 5.41) is 51.9. The first-order valence-electron chi connectivity index (χ1n) is 14.3. The molecule has 1 saturated heterocycles. The van der Waals surface area contributed by atoms with Gasteiger partial charge in [0, 0.05) is 6.54 Å². The lowest BCUT2D eigenvalue weighted by Crippen LogP contribution is -2.59. The summed E-state index contributed by atoms with van der Waals surface area (Å²) in [4.78, 5) is 0. The molecule has 1 aliphatic rings. The largest absolute Gasteiger partial charge is 0.394 e. The minimum absolute atomic E-state index is 0.0886. The summed E-state index contributed by atoms with van der Waals surface area (Å²) >= 11 is 0. The molecule has 8 nitrogen and oxygen atoms in total. The minimum Gasteiger partial charge on any atom is -0.394 e. The highest BCUT2D eigenvalue weighted by Crippen LogP contribution is 2.22. The Kier molecular flexibility index (Phi) is 20.3. The van der Waals surface area contributed by atoms with Crippen molar-refractivity contribution in [1.29, 1.82) is 0 Å². The van der Waals surface area contributed by atoms with E-state index in [9.17, 15) is 25.5 Å². The number of aliphatic hydroxyl groups excluding tert-OH is 5. The van der Waals surface area contributed by atoms with Crippen molar-refractivity contribution in [3.05, 3.63) is 0 Å². The van der Waals surface area contributed by atoms with Crippen LogP contribution >= 0.6 is 0 Å². The molecular weight excluding hydrogens is 450 g/mol. The van der Waals surface area contributed by atoms with Gasteiger partial charge in [0.1, 0.15) is 24.4 Å². The van der Waals surface area contributed by atoms with E-state index < -0.39 is 43.4 Å². The summed E-state index contributed by atoms with van der Waals surface area (Å²) in [5.41, 5.74) is 0. The molecule has 0 aliphatic carbocycles. The molecule has 35 heavy (non-hydrogen) atoms. The monoisotopic (exact) mass is 505 g/mol. The first-order valence-corrected chi connectivity index (χ1v) is 14.3. The van der Waals surface area contributed by atoms with Gasteiger partial charge in [-0.25, -0.2) is 0 Å². The molecule has 1 aliphatic heterocycles. The average Bonchev–Trinajstić information content (AvgIpc) is 2.86. The molecule has 0 aromatic rings. The molecule has 210 valence electrons. The minimum atomic E-state index is -1.48. The van der Waals surface area contributed by atoms with Crippen LogP contribution in [-0.4, -0.2) is 88.6 Å². The predicted molar refractivity (Wildman–Crippen MR) is 138 cm³/mol. The van der Waals surface area contributed by atoms with E-state index in [1.807, 2.05) is 0 Å². The topological polar surface area (TPSA) is 132 Å². The van der Waals surface area contributed by atoms with Crippen molar-refractivity contribution in [1.82, 2.24) is 5.32 Å². The lowest BCUT2D eigenvalue weighted by molar-refractivity contribution is -0.304. The van der Waals surface area contributed by atoms with E-state index in [0.717, 1.165) is 13.0 Å². The van der Waals surface area contributed by atoms with Gasteiger partial charge in [0.25, 0.3) is 0 Å². The van der Waals surface area contributed by atoms with Gasteiger partial charge < -0.3 is 40.3 Å². The van der Waals surface area contributed by atoms with Crippen LogP contribution in [0.15, 0.2) is 0 Å². The summed E-state index contributed by atoms with van der Waals surface area (Å²) in [6.07, 6.45) is 14.1. The summed E-state index contributed by atoms with van der Waals surface area (Å²) in [5.74, 6) is 0. The summed E-state index contributed by atoms with van der Waals surface area (Å²) in [6, 6.07) is 0. The van der Waals surface area contributed by atoms with Crippen LogP contribution in [-0.2, 0) is 9.47 Å². The second-order valence-corrected chi connectivity index (χ2v) is 10.2. The zero-order chi connectivity index (χ0) is 25.7. The Morgan fingerprint density at radius 1 is 0.714 bits per heavy atom. The number of nitrogens with one attached hydrogen (secondary N) is 1. The molecule has 0 bridgehead atoms. The Morgan fingerprint density at radius 2 is 1.20 bits per heavy atom. The van der Waals surface area contributed by atoms with E-state index in [-0.39, 0.29) is 6.61 Å². The summed E-state index contributed by atoms with van der Waals surface area (Å²) in [6.45, 7) is 2.86. The van der Waals surface area contributed by atoms with Crippen molar-refractivity contribution in [3.63, 3.8) is 0 Å². The van der Waals surface area contributed by atoms with E-state index in [1.165, 1.54) is 96.3 Å². The maximum Gasteiger partial charge on any atom is 0.186 e. The first-order chi connectivity index (χ1) is 17.0. The van der Waals surface area contributed by atoms with Crippen molar-refractivity contribution in [2.45, 2.75) is 146 Å². The SMILES string of the molecule is CCCCCCCCCCCCCCCCCCNCC(O)CO[C@H]1O[C@H](CO)[C@H](O)[C@H](O)[C@H]1O. The molecule has 1 rings (SSSR count). The van der Waals surface area contributed by atoms with E-state index >= 15 is 0 Å². The van der Waals surface area contributed by atoms with E-state index in [4.69, 9.17) is 9.47 Å². The van der Waals surface area contributed by atoms with Gasteiger partial charge >= 0.3 is 0 Å². The fraction of sp³-hybridized carbons (Fsp3) is 1.00. The molecule has 1 unspecified atom stereocenters. The fourth-order valence-electron chi connectivity index (χ4n) is 4.54. The summed E-state index contributed by atoms with van der Waals surface area (Å²) in [7, 11) is 0. The van der Waals surface area contributed by atoms with Crippen molar-refractivity contribution in [2.75, 3.05) is 26.3 Å². The number of hydrogen-bond donors (Lipinski definition) is 6. The quantitative estimate of drug-likeness (QED) is 0.117. The molecule has 1 heterocycles. The van der Waals surface area contributed by atoms with E-state index in [0.29, 0.717) is 6.54 Å². The standard InChI is InChI=1S/C27H55NO7/c1-2-3-4-5-6-7-8-9-10-11-12-13-14-15-16-17-18-28-19-22(30)21-34-27-26(33)25(32)24(31)23(20-29)35-27/h22-33H,2-21H2,1H3/t22?,23-,24+,25+,26-,27+/m1/s1. The molecular formula is C27H55NO7. The zero-order valence-electron chi connectivity index (χ0n) is 22.2. The van der Waals surface area contributed by atoms with Gasteiger partial charge in [0.2, 0.25) is 0 Å². The fourth-order valence-corrected chi connectivity index (χ4v) is 4.54. The first kappa shape index (κ1) is 32.7. The van der Waals surface area contributed by atoms with Crippen LogP contribution in [0.25, 0.3) is 0 Å². The van der Waals surface area contributed by atoms with Gasteiger partial charge in [-0.3, -0.25) is 0 Å². The summed E-state index contributed by atoms with van der Waals surface area (Å²) < 4.78 is 10.6. The third-order valence-corrected chi connectivity index (χ3v) is 6.89. The van der Waals surface area contributed by atoms with Gasteiger partial charge in [-0.2, -0.15) is 0 Å². The highest BCUT2D eigenvalue weighted by atomic mass is 16.7.